The summed E-state index contributed by atoms with van der Waals surface area (Å²) in [6.45, 7) is 9.54. The molecule has 1 saturated carbocycles. The summed E-state index contributed by atoms with van der Waals surface area (Å²) in [7, 11) is -18.0. The van der Waals surface area contributed by atoms with Gasteiger partial charge in [0.1, 0.15) is 0 Å². The fourth-order valence-corrected chi connectivity index (χ4v) is 2.13. The molecule has 0 amide bonds. The van der Waals surface area contributed by atoms with Gasteiger partial charge in [0.25, 0.3) is 0 Å². The molecule has 164 valence electrons. The van der Waals surface area contributed by atoms with Gasteiger partial charge in [0.2, 0.25) is 0 Å². The fraction of sp³-hybridized carbons (Fsp3) is 1.00. The molecule has 0 atom stereocenters. The monoisotopic (exact) mass is 455 g/mol. The van der Waals surface area contributed by atoms with Crippen molar-refractivity contribution in [1.82, 2.24) is 0 Å². The zero-order chi connectivity index (χ0) is 22.0. The van der Waals surface area contributed by atoms with Crippen LogP contribution in [0.25, 0.3) is 0 Å². The molecule has 0 heterocycles. The molecule has 0 saturated heterocycles. The Balaban J connectivity index is -0.0000000896. The average Bonchev–Trinajstić information content (AvgIpc) is 2.20. The van der Waals surface area contributed by atoms with Gasteiger partial charge in [-0.1, -0.05) is 40.5 Å². The third-order valence-corrected chi connectivity index (χ3v) is 3.24. The van der Waals surface area contributed by atoms with E-state index in [1.807, 2.05) is 0 Å². The SMILES string of the molecule is CC1CCC(C(C)(C)C)CC1.F[B-](F)(F)F.F[B-](F)(F)F.F[B-](F)(F)F.[H-].[K+]. The van der Waals surface area contributed by atoms with E-state index in [1.54, 1.807) is 0 Å². The summed E-state index contributed by atoms with van der Waals surface area (Å²) >= 11 is 0. The number of hydrogen-bond donors (Lipinski definition) is 0. The van der Waals surface area contributed by atoms with Crippen LogP contribution in [0.4, 0.5) is 51.8 Å². The van der Waals surface area contributed by atoms with E-state index in [1.165, 1.54) is 25.7 Å². The predicted octanol–water partition coefficient (Wildman–Crippen LogP) is 4.88. The molecule has 0 unspecified atom stereocenters. The predicted molar refractivity (Wildman–Crippen MR) is 82.2 cm³/mol. The van der Waals surface area contributed by atoms with Crippen LogP contribution < -0.4 is 51.4 Å². The minimum Gasteiger partial charge on any atom is -1.00 e. The van der Waals surface area contributed by atoms with Crippen molar-refractivity contribution >= 4 is 21.8 Å². The van der Waals surface area contributed by atoms with Gasteiger partial charge in [-0.05, 0) is 30.1 Å². The molecule has 0 bridgehead atoms. The molecule has 1 aliphatic rings. The Morgan fingerprint density at radius 2 is 0.778 bits per heavy atom. The molecule has 0 aromatic carbocycles. The second-order valence-corrected chi connectivity index (χ2v) is 6.81. The average molecular weight is 455 g/mol. The van der Waals surface area contributed by atoms with Gasteiger partial charge in [0, 0.05) is 0 Å². The van der Waals surface area contributed by atoms with Crippen LogP contribution in [0.1, 0.15) is 54.8 Å². The van der Waals surface area contributed by atoms with Crippen LogP contribution in [-0.4, -0.2) is 21.8 Å². The summed E-state index contributed by atoms with van der Waals surface area (Å²) in [6.07, 6.45) is 5.85. The summed E-state index contributed by atoms with van der Waals surface area (Å²) < 4.78 is 117. The number of rotatable bonds is 0. The first-order valence-electron chi connectivity index (χ1n) is 7.62. The Morgan fingerprint density at radius 3 is 0.926 bits per heavy atom. The summed E-state index contributed by atoms with van der Waals surface area (Å²) in [5, 5.41) is 0. The largest absolute Gasteiger partial charge is 1.00 e. The van der Waals surface area contributed by atoms with E-state index in [9.17, 15) is 51.8 Å². The zero-order valence-electron chi connectivity index (χ0n) is 16.8. The van der Waals surface area contributed by atoms with Crippen molar-refractivity contribution in [1.29, 1.82) is 0 Å². The first-order chi connectivity index (χ1) is 11.0. The van der Waals surface area contributed by atoms with E-state index in [2.05, 4.69) is 27.7 Å². The van der Waals surface area contributed by atoms with Gasteiger partial charge in [0.05, 0.1) is 0 Å². The maximum Gasteiger partial charge on any atom is 1.00 e. The molecular weight excluding hydrogens is 432 g/mol. The van der Waals surface area contributed by atoms with Crippen LogP contribution in [0.3, 0.4) is 0 Å². The molecule has 0 spiro atoms. The molecular formula is C11H23B3F12K-3. The first kappa shape index (κ1) is 35.4. The maximum absolute atomic E-state index is 9.75. The van der Waals surface area contributed by atoms with E-state index < -0.39 is 21.8 Å². The molecule has 0 nitrogen and oxygen atoms in total. The minimum absolute atomic E-state index is 0. The Morgan fingerprint density at radius 1 is 0.593 bits per heavy atom. The van der Waals surface area contributed by atoms with E-state index in [-0.39, 0.29) is 52.8 Å². The van der Waals surface area contributed by atoms with Crippen LogP contribution >= 0.6 is 0 Å². The zero-order valence-corrected chi connectivity index (χ0v) is 18.9. The van der Waals surface area contributed by atoms with Crippen LogP contribution in [-0.2, 0) is 0 Å². The Kier molecular flexibility index (Phi) is 19.5. The topological polar surface area (TPSA) is 0 Å². The smallest absolute Gasteiger partial charge is 1.00 e. The van der Waals surface area contributed by atoms with Gasteiger partial charge in [-0.2, -0.15) is 0 Å². The standard InChI is InChI=1S/C11H22.3BF4.K.H/c1-9-5-7-10(8-6-9)11(2,3)4;3*2-1(3,4)5;;/h9-10H,5-8H2,1-4H3;;;;;/q;3*-1;+1;-1. The first-order valence-corrected chi connectivity index (χ1v) is 7.62. The van der Waals surface area contributed by atoms with Crippen LogP contribution in [0.15, 0.2) is 0 Å². The second-order valence-electron chi connectivity index (χ2n) is 6.81. The fourth-order valence-electron chi connectivity index (χ4n) is 2.13. The minimum atomic E-state index is -6.00. The van der Waals surface area contributed by atoms with E-state index >= 15 is 0 Å². The van der Waals surface area contributed by atoms with Crippen molar-refractivity contribution in [2.45, 2.75) is 53.4 Å². The molecule has 0 aliphatic heterocycles. The molecule has 0 aromatic heterocycles. The maximum atomic E-state index is 9.75. The van der Waals surface area contributed by atoms with E-state index in [0.29, 0.717) is 5.41 Å². The Hall–Kier alpha value is 0.991. The summed E-state index contributed by atoms with van der Waals surface area (Å²) in [4.78, 5) is 0. The molecule has 0 N–H and O–H groups in total. The normalized spacial score (nSPS) is 20.4. The molecule has 0 radical (unpaired) electrons. The molecule has 1 fully saturated rings. The van der Waals surface area contributed by atoms with Gasteiger partial charge in [-0.15, -0.1) is 0 Å². The molecule has 0 aromatic rings. The molecule has 1 rings (SSSR count). The van der Waals surface area contributed by atoms with Gasteiger partial charge in [0.15, 0.2) is 0 Å². The van der Waals surface area contributed by atoms with Gasteiger partial charge in [-0.25, -0.2) is 0 Å². The van der Waals surface area contributed by atoms with Crippen molar-refractivity contribution in [2.75, 3.05) is 0 Å². The van der Waals surface area contributed by atoms with Gasteiger partial charge in [-0.3, -0.25) is 0 Å². The summed E-state index contributed by atoms with van der Waals surface area (Å²) in [5.41, 5.74) is 0.556. The van der Waals surface area contributed by atoms with E-state index in [0.717, 1.165) is 11.8 Å². The van der Waals surface area contributed by atoms with Crippen LogP contribution in [0.2, 0.25) is 0 Å². The molecule has 1 aliphatic carbocycles. The molecule has 16 heteroatoms. The second kappa shape index (κ2) is 14.9. The Bertz CT molecular complexity index is 302. The third-order valence-electron chi connectivity index (χ3n) is 3.24. The Labute approximate surface area is 195 Å². The number of hydrogen-bond acceptors (Lipinski definition) is 0. The van der Waals surface area contributed by atoms with Crippen molar-refractivity contribution in [3.8, 4) is 0 Å². The number of halogens is 12. The summed E-state index contributed by atoms with van der Waals surface area (Å²) in [5.74, 6) is 1.98. The van der Waals surface area contributed by atoms with Gasteiger partial charge < -0.3 is 53.2 Å². The van der Waals surface area contributed by atoms with Crippen molar-refractivity contribution < 1.29 is 105 Å². The van der Waals surface area contributed by atoms with Gasteiger partial charge >= 0.3 is 73.1 Å². The van der Waals surface area contributed by atoms with E-state index in [4.69, 9.17) is 0 Å². The molecule has 27 heavy (non-hydrogen) atoms. The quantitative estimate of drug-likeness (QED) is 0.362. The van der Waals surface area contributed by atoms with Crippen molar-refractivity contribution in [2.24, 2.45) is 17.3 Å². The van der Waals surface area contributed by atoms with Crippen molar-refractivity contribution in [3.05, 3.63) is 0 Å². The van der Waals surface area contributed by atoms with Crippen molar-refractivity contribution in [3.63, 3.8) is 0 Å². The third kappa shape index (κ3) is 58.4. The summed E-state index contributed by atoms with van der Waals surface area (Å²) in [6, 6.07) is 0. The van der Waals surface area contributed by atoms with Crippen LogP contribution in [0.5, 0.6) is 0 Å². The van der Waals surface area contributed by atoms with Crippen LogP contribution in [0, 0.1) is 17.3 Å².